The van der Waals surface area contributed by atoms with Gasteiger partial charge < -0.3 is 15.0 Å². The maximum atomic E-state index is 6.16. The molecule has 2 unspecified atom stereocenters. The Hall–Kier alpha value is -0.840. The van der Waals surface area contributed by atoms with Gasteiger partial charge in [-0.25, -0.2) is 0 Å². The van der Waals surface area contributed by atoms with Crippen LogP contribution >= 0.6 is 0 Å². The van der Waals surface area contributed by atoms with E-state index in [1.54, 1.807) is 0 Å². The molecule has 0 amide bonds. The van der Waals surface area contributed by atoms with Crippen LogP contribution < -0.4 is 5.73 Å². The lowest BCUT2D eigenvalue weighted by Gasteiger charge is -2.35. The predicted molar refractivity (Wildman–Crippen MR) is 82.7 cm³/mol. The third-order valence-corrected chi connectivity index (χ3v) is 4.12. The van der Waals surface area contributed by atoms with Gasteiger partial charge in [0.05, 0.1) is 12.7 Å². The van der Waals surface area contributed by atoms with Gasteiger partial charge in [0.15, 0.2) is 0 Å². The second-order valence-electron chi connectivity index (χ2n) is 6.12. The molecule has 1 saturated heterocycles. The summed E-state index contributed by atoms with van der Waals surface area (Å²) in [5.74, 6) is 0. The van der Waals surface area contributed by atoms with Crippen molar-refractivity contribution < 1.29 is 4.74 Å². The molecule has 2 atom stereocenters. The van der Waals surface area contributed by atoms with Gasteiger partial charge in [-0.3, -0.25) is 4.90 Å². The summed E-state index contributed by atoms with van der Waals surface area (Å²) in [4.78, 5) is 2.49. The van der Waals surface area contributed by atoms with E-state index in [1.165, 1.54) is 5.56 Å². The Kier molecular flexibility index (Phi) is 5.64. The molecular formula is C16H29N3O. The molecule has 1 fully saturated rings. The highest BCUT2D eigenvalue weighted by Crippen LogP contribution is 2.17. The smallest absolute Gasteiger partial charge is 0.0881 e. The molecule has 0 bridgehead atoms. The Balaban J connectivity index is 1.90. The first-order valence-electron chi connectivity index (χ1n) is 7.87. The van der Waals surface area contributed by atoms with Crippen LogP contribution in [0.5, 0.6) is 0 Å². The standard InChI is InChI=1S/C16H29N3O/c1-4-5-16(17)14-6-7-18(10-14)11-15-12-19(13(2)3)8-9-20-15/h6-7,10,13,15-16H,4-5,8-9,11-12,17H2,1-3H3. The number of hydrogen-bond acceptors (Lipinski definition) is 3. The van der Waals surface area contributed by atoms with Crippen LogP contribution in [0.15, 0.2) is 18.5 Å². The molecule has 1 aliphatic heterocycles. The van der Waals surface area contributed by atoms with E-state index in [9.17, 15) is 0 Å². The van der Waals surface area contributed by atoms with E-state index in [-0.39, 0.29) is 12.1 Å². The van der Waals surface area contributed by atoms with Gasteiger partial charge in [-0.1, -0.05) is 13.3 Å². The first kappa shape index (κ1) is 15.5. The zero-order valence-electron chi connectivity index (χ0n) is 13.1. The summed E-state index contributed by atoms with van der Waals surface area (Å²) in [6.07, 6.45) is 6.77. The van der Waals surface area contributed by atoms with E-state index in [0.29, 0.717) is 6.04 Å². The summed E-state index contributed by atoms with van der Waals surface area (Å²) in [6.45, 7) is 10.5. The van der Waals surface area contributed by atoms with Crippen molar-refractivity contribution in [2.75, 3.05) is 19.7 Å². The molecule has 0 aliphatic carbocycles. The van der Waals surface area contributed by atoms with Gasteiger partial charge in [0.25, 0.3) is 0 Å². The molecule has 0 spiro atoms. The Bertz CT molecular complexity index is 402. The fourth-order valence-electron chi connectivity index (χ4n) is 2.83. The van der Waals surface area contributed by atoms with Crippen LogP contribution in [-0.4, -0.2) is 41.3 Å². The van der Waals surface area contributed by atoms with Crippen LogP contribution in [0.4, 0.5) is 0 Å². The molecule has 1 aromatic heterocycles. The molecule has 2 heterocycles. The molecule has 0 saturated carbocycles. The van der Waals surface area contributed by atoms with E-state index < -0.39 is 0 Å². The zero-order chi connectivity index (χ0) is 14.5. The van der Waals surface area contributed by atoms with Gasteiger partial charge in [0, 0.05) is 44.1 Å². The van der Waals surface area contributed by atoms with Crippen molar-refractivity contribution in [3.8, 4) is 0 Å². The molecule has 4 nitrogen and oxygen atoms in total. The van der Waals surface area contributed by atoms with Gasteiger partial charge in [0.1, 0.15) is 0 Å². The highest BCUT2D eigenvalue weighted by molar-refractivity contribution is 5.14. The maximum absolute atomic E-state index is 6.16. The summed E-state index contributed by atoms with van der Waals surface area (Å²) >= 11 is 0. The van der Waals surface area contributed by atoms with Crippen molar-refractivity contribution in [1.29, 1.82) is 0 Å². The van der Waals surface area contributed by atoms with Crippen LogP contribution in [0.1, 0.15) is 45.2 Å². The van der Waals surface area contributed by atoms with Crippen molar-refractivity contribution >= 4 is 0 Å². The van der Waals surface area contributed by atoms with E-state index in [0.717, 1.165) is 39.1 Å². The van der Waals surface area contributed by atoms with Crippen molar-refractivity contribution in [1.82, 2.24) is 9.47 Å². The minimum atomic E-state index is 0.167. The fraction of sp³-hybridized carbons (Fsp3) is 0.750. The average Bonchev–Trinajstić information content (AvgIpc) is 2.88. The molecule has 2 N–H and O–H groups in total. The van der Waals surface area contributed by atoms with Gasteiger partial charge >= 0.3 is 0 Å². The Labute approximate surface area is 122 Å². The molecule has 0 radical (unpaired) electrons. The number of nitrogens with zero attached hydrogens (tertiary/aromatic N) is 2. The minimum absolute atomic E-state index is 0.167. The summed E-state index contributed by atoms with van der Waals surface area (Å²) in [5, 5.41) is 0. The second-order valence-corrected chi connectivity index (χ2v) is 6.12. The Morgan fingerprint density at radius 3 is 2.95 bits per heavy atom. The van der Waals surface area contributed by atoms with E-state index in [1.807, 2.05) is 0 Å². The third-order valence-electron chi connectivity index (χ3n) is 4.12. The first-order valence-corrected chi connectivity index (χ1v) is 7.87. The lowest BCUT2D eigenvalue weighted by Crippen LogP contribution is -2.47. The first-order chi connectivity index (χ1) is 9.60. The third kappa shape index (κ3) is 4.08. The molecule has 4 heteroatoms. The normalized spacial score (nSPS) is 22.4. The number of ether oxygens (including phenoxy) is 1. The Morgan fingerprint density at radius 1 is 1.45 bits per heavy atom. The van der Waals surface area contributed by atoms with Crippen LogP contribution in [-0.2, 0) is 11.3 Å². The quantitative estimate of drug-likeness (QED) is 0.869. The maximum Gasteiger partial charge on any atom is 0.0881 e. The second kappa shape index (κ2) is 7.25. The van der Waals surface area contributed by atoms with Crippen molar-refractivity contribution in [2.24, 2.45) is 5.73 Å². The largest absolute Gasteiger partial charge is 0.374 e. The number of aromatic nitrogens is 1. The highest BCUT2D eigenvalue weighted by Gasteiger charge is 2.22. The van der Waals surface area contributed by atoms with E-state index in [4.69, 9.17) is 10.5 Å². The number of rotatable bonds is 6. The van der Waals surface area contributed by atoms with Crippen molar-refractivity contribution in [3.05, 3.63) is 24.0 Å². The monoisotopic (exact) mass is 279 g/mol. The fourth-order valence-corrected chi connectivity index (χ4v) is 2.83. The number of morpholine rings is 1. The number of nitrogens with two attached hydrogens (primary N) is 1. The van der Waals surface area contributed by atoms with Gasteiger partial charge in [-0.2, -0.15) is 0 Å². The minimum Gasteiger partial charge on any atom is -0.374 e. The average molecular weight is 279 g/mol. The molecule has 1 aliphatic rings. The molecule has 114 valence electrons. The zero-order valence-corrected chi connectivity index (χ0v) is 13.1. The van der Waals surface area contributed by atoms with E-state index >= 15 is 0 Å². The molecule has 20 heavy (non-hydrogen) atoms. The topological polar surface area (TPSA) is 43.4 Å². The van der Waals surface area contributed by atoms with Crippen LogP contribution in [0.2, 0.25) is 0 Å². The predicted octanol–water partition coefficient (Wildman–Crippen LogP) is 2.40. The van der Waals surface area contributed by atoms with Crippen molar-refractivity contribution in [2.45, 2.75) is 58.3 Å². The summed E-state index contributed by atoms with van der Waals surface area (Å²) < 4.78 is 8.11. The summed E-state index contributed by atoms with van der Waals surface area (Å²) in [7, 11) is 0. The SMILES string of the molecule is CCCC(N)c1ccn(CC2CN(C(C)C)CCO2)c1. The molecule has 2 rings (SSSR count). The van der Waals surface area contributed by atoms with Gasteiger partial charge in [0.2, 0.25) is 0 Å². The number of hydrogen-bond donors (Lipinski definition) is 1. The van der Waals surface area contributed by atoms with Gasteiger partial charge in [-0.15, -0.1) is 0 Å². The summed E-state index contributed by atoms with van der Waals surface area (Å²) in [6, 6.07) is 2.91. The van der Waals surface area contributed by atoms with Crippen molar-refractivity contribution in [3.63, 3.8) is 0 Å². The lowest BCUT2D eigenvalue weighted by molar-refractivity contribution is -0.0455. The van der Waals surface area contributed by atoms with Crippen LogP contribution in [0.3, 0.4) is 0 Å². The molecular weight excluding hydrogens is 250 g/mol. The molecule has 0 aromatic carbocycles. The van der Waals surface area contributed by atoms with E-state index in [2.05, 4.69) is 48.7 Å². The Morgan fingerprint density at radius 2 is 2.25 bits per heavy atom. The summed E-state index contributed by atoms with van der Waals surface area (Å²) in [5.41, 5.74) is 7.40. The molecule has 1 aromatic rings. The lowest BCUT2D eigenvalue weighted by atomic mass is 10.1. The van der Waals surface area contributed by atoms with Crippen LogP contribution in [0, 0.1) is 0 Å². The van der Waals surface area contributed by atoms with Crippen LogP contribution in [0.25, 0.3) is 0 Å². The van der Waals surface area contributed by atoms with Gasteiger partial charge in [-0.05, 0) is 31.9 Å². The highest BCUT2D eigenvalue weighted by atomic mass is 16.5.